The highest BCUT2D eigenvalue weighted by molar-refractivity contribution is 9.10. The maximum atomic E-state index is 12.3. The standard InChI is InChI=1S/C21H14BrClN4O5/c22-14-9-13(19(28)18(10-14)27(31)32)11-24-26-20(29)12-5-7-15(8-6-12)25-21(30)16-3-1-2-4-17(16)23/h1-11,28H,(H,25,30)(H,26,29)/b24-11-. The lowest BCUT2D eigenvalue weighted by Crippen LogP contribution is -2.18. The monoisotopic (exact) mass is 516 g/mol. The molecule has 0 aliphatic heterocycles. The van der Waals surface area contributed by atoms with Gasteiger partial charge in [-0.25, -0.2) is 5.43 Å². The van der Waals surface area contributed by atoms with E-state index in [-0.39, 0.29) is 17.0 Å². The van der Waals surface area contributed by atoms with E-state index in [0.717, 1.165) is 12.3 Å². The summed E-state index contributed by atoms with van der Waals surface area (Å²) in [5.74, 6) is -1.52. The van der Waals surface area contributed by atoms with Crippen LogP contribution in [0.1, 0.15) is 26.3 Å². The number of aromatic hydroxyl groups is 1. The number of phenols is 1. The van der Waals surface area contributed by atoms with Crippen LogP contribution in [0.5, 0.6) is 5.75 Å². The molecule has 0 heterocycles. The number of nitro groups is 1. The minimum atomic E-state index is -0.734. The molecule has 0 aliphatic rings. The Bertz CT molecular complexity index is 1230. The molecule has 162 valence electrons. The molecule has 0 atom stereocenters. The number of anilines is 1. The molecule has 0 spiro atoms. The lowest BCUT2D eigenvalue weighted by atomic mass is 10.1. The molecule has 3 N–H and O–H groups in total. The Morgan fingerprint density at radius 1 is 1.09 bits per heavy atom. The van der Waals surface area contributed by atoms with E-state index in [1.165, 1.54) is 30.3 Å². The third-order valence-electron chi connectivity index (χ3n) is 4.17. The SMILES string of the molecule is O=C(N/N=C\c1cc(Br)cc([N+](=O)[O-])c1O)c1ccc(NC(=O)c2ccccc2Cl)cc1. The first-order valence-corrected chi connectivity index (χ1v) is 10.1. The predicted octanol–water partition coefficient (Wildman–Crippen LogP) is 4.73. The van der Waals surface area contributed by atoms with E-state index in [2.05, 4.69) is 31.8 Å². The molecule has 9 nitrogen and oxygen atoms in total. The Kier molecular flexibility index (Phi) is 7.18. The van der Waals surface area contributed by atoms with Crippen LogP contribution in [0.4, 0.5) is 11.4 Å². The summed E-state index contributed by atoms with van der Waals surface area (Å²) in [6.07, 6.45) is 1.09. The Balaban J connectivity index is 1.65. The van der Waals surface area contributed by atoms with Crippen molar-refractivity contribution in [3.8, 4) is 5.75 Å². The third kappa shape index (κ3) is 5.48. The van der Waals surface area contributed by atoms with Gasteiger partial charge >= 0.3 is 5.69 Å². The fourth-order valence-corrected chi connectivity index (χ4v) is 3.30. The number of hydrogen-bond donors (Lipinski definition) is 3. The fourth-order valence-electron chi connectivity index (χ4n) is 2.62. The van der Waals surface area contributed by atoms with E-state index >= 15 is 0 Å². The fraction of sp³-hybridized carbons (Fsp3) is 0. The van der Waals surface area contributed by atoms with E-state index in [1.54, 1.807) is 24.3 Å². The average molecular weight is 518 g/mol. The zero-order valence-corrected chi connectivity index (χ0v) is 18.4. The van der Waals surface area contributed by atoms with Gasteiger partial charge in [0, 0.05) is 27.4 Å². The highest BCUT2D eigenvalue weighted by atomic mass is 79.9. The normalized spacial score (nSPS) is 10.7. The predicted molar refractivity (Wildman–Crippen MR) is 123 cm³/mol. The Hall–Kier alpha value is -3.76. The molecule has 0 saturated carbocycles. The number of benzene rings is 3. The largest absolute Gasteiger partial charge is 0.502 e. The van der Waals surface area contributed by atoms with Crippen LogP contribution in [-0.4, -0.2) is 28.1 Å². The highest BCUT2D eigenvalue weighted by Crippen LogP contribution is 2.32. The second kappa shape index (κ2) is 10.0. The van der Waals surface area contributed by atoms with Gasteiger partial charge in [0.05, 0.1) is 21.7 Å². The molecule has 11 heteroatoms. The molecule has 3 aromatic carbocycles. The van der Waals surface area contributed by atoms with Crippen molar-refractivity contribution in [2.45, 2.75) is 0 Å². The zero-order chi connectivity index (χ0) is 23.3. The number of rotatable bonds is 6. The first kappa shape index (κ1) is 22.9. The molecular formula is C21H14BrClN4O5. The molecule has 3 rings (SSSR count). The van der Waals surface area contributed by atoms with E-state index in [1.807, 2.05) is 0 Å². The Morgan fingerprint density at radius 3 is 2.44 bits per heavy atom. The number of nitrogens with one attached hydrogen (secondary N) is 2. The Morgan fingerprint density at radius 2 is 1.78 bits per heavy atom. The molecule has 0 aliphatic carbocycles. The van der Waals surface area contributed by atoms with Gasteiger partial charge in [-0.2, -0.15) is 5.10 Å². The van der Waals surface area contributed by atoms with Gasteiger partial charge in [-0.05, 0) is 42.5 Å². The number of carbonyl (C=O) groups is 2. The summed E-state index contributed by atoms with van der Waals surface area (Å²) in [5.41, 5.74) is 2.85. The van der Waals surface area contributed by atoms with Crippen LogP contribution >= 0.6 is 27.5 Å². The topological polar surface area (TPSA) is 134 Å². The lowest BCUT2D eigenvalue weighted by Gasteiger charge is -2.07. The second-order valence-electron chi connectivity index (χ2n) is 6.33. The maximum absolute atomic E-state index is 12.3. The van der Waals surface area contributed by atoms with Crippen molar-refractivity contribution >= 4 is 56.9 Å². The summed E-state index contributed by atoms with van der Waals surface area (Å²) < 4.78 is 0.365. The Labute approximate surface area is 195 Å². The van der Waals surface area contributed by atoms with Crippen LogP contribution in [0.25, 0.3) is 0 Å². The molecule has 32 heavy (non-hydrogen) atoms. The third-order valence-corrected chi connectivity index (χ3v) is 4.96. The van der Waals surface area contributed by atoms with Crippen molar-refractivity contribution in [2.75, 3.05) is 5.32 Å². The molecule has 3 aromatic rings. The summed E-state index contributed by atoms with van der Waals surface area (Å²) in [4.78, 5) is 34.8. The molecular weight excluding hydrogens is 504 g/mol. The van der Waals surface area contributed by atoms with Crippen molar-refractivity contribution in [1.82, 2.24) is 5.43 Å². The van der Waals surface area contributed by atoms with E-state index in [4.69, 9.17) is 11.6 Å². The quantitative estimate of drug-likeness (QED) is 0.247. The summed E-state index contributed by atoms with van der Waals surface area (Å²) in [6.45, 7) is 0. The van der Waals surface area contributed by atoms with Gasteiger partial charge in [0.25, 0.3) is 11.8 Å². The minimum absolute atomic E-state index is 0.0454. The smallest absolute Gasteiger partial charge is 0.312 e. The number of amides is 2. The molecule has 2 amide bonds. The van der Waals surface area contributed by atoms with Crippen LogP contribution in [0.2, 0.25) is 5.02 Å². The minimum Gasteiger partial charge on any atom is -0.502 e. The average Bonchev–Trinajstić information content (AvgIpc) is 2.76. The van der Waals surface area contributed by atoms with Crippen LogP contribution < -0.4 is 10.7 Å². The van der Waals surface area contributed by atoms with Gasteiger partial charge in [0.2, 0.25) is 5.75 Å². The lowest BCUT2D eigenvalue weighted by molar-refractivity contribution is -0.385. The second-order valence-corrected chi connectivity index (χ2v) is 7.65. The van der Waals surface area contributed by atoms with E-state index in [9.17, 15) is 24.8 Å². The van der Waals surface area contributed by atoms with Crippen molar-refractivity contribution in [1.29, 1.82) is 0 Å². The van der Waals surface area contributed by atoms with Crippen LogP contribution in [0, 0.1) is 10.1 Å². The van der Waals surface area contributed by atoms with Crippen molar-refractivity contribution in [2.24, 2.45) is 5.10 Å². The number of nitrogens with zero attached hydrogens (tertiary/aromatic N) is 2. The molecule has 0 fully saturated rings. The van der Waals surface area contributed by atoms with Crippen molar-refractivity contribution in [3.63, 3.8) is 0 Å². The van der Waals surface area contributed by atoms with Gasteiger partial charge in [-0.1, -0.05) is 39.7 Å². The van der Waals surface area contributed by atoms with E-state index < -0.39 is 22.3 Å². The summed E-state index contributed by atoms with van der Waals surface area (Å²) in [6, 6.07) is 15.2. The summed E-state index contributed by atoms with van der Waals surface area (Å²) in [5, 5.41) is 27.7. The maximum Gasteiger partial charge on any atom is 0.312 e. The number of hydrogen-bond acceptors (Lipinski definition) is 6. The van der Waals surface area contributed by atoms with Gasteiger partial charge in [-0.15, -0.1) is 0 Å². The number of hydrazone groups is 1. The van der Waals surface area contributed by atoms with Gasteiger partial charge in [0.1, 0.15) is 0 Å². The van der Waals surface area contributed by atoms with Crippen molar-refractivity contribution in [3.05, 3.63) is 97.0 Å². The molecule has 0 unspecified atom stereocenters. The first-order valence-electron chi connectivity index (χ1n) is 8.92. The highest BCUT2D eigenvalue weighted by Gasteiger charge is 2.17. The molecule has 0 radical (unpaired) electrons. The molecule has 0 bridgehead atoms. The van der Waals surface area contributed by atoms with Gasteiger partial charge in [0.15, 0.2) is 0 Å². The molecule has 0 aromatic heterocycles. The number of nitro benzene ring substituents is 1. The summed E-state index contributed by atoms with van der Waals surface area (Å²) in [7, 11) is 0. The number of halogens is 2. The van der Waals surface area contributed by atoms with Gasteiger partial charge < -0.3 is 10.4 Å². The van der Waals surface area contributed by atoms with Crippen LogP contribution in [0.15, 0.2) is 70.2 Å². The molecule has 0 saturated heterocycles. The number of phenolic OH excluding ortho intramolecular Hbond substituents is 1. The van der Waals surface area contributed by atoms with Crippen LogP contribution in [-0.2, 0) is 0 Å². The van der Waals surface area contributed by atoms with Crippen molar-refractivity contribution < 1.29 is 19.6 Å². The van der Waals surface area contributed by atoms with E-state index in [0.29, 0.717) is 20.7 Å². The summed E-state index contributed by atoms with van der Waals surface area (Å²) >= 11 is 9.12. The first-order chi connectivity index (χ1) is 15.3. The van der Waals surface area contributed by atoms with Gasteiger partial charge in [-0.3, -0.25) is 19.7 Å². The number of carbonyl (C=O) groups excluding carboxylic acids is 2. The van der Waals surface area contributed by atoms with Crippen LogP contribution in [0.3, 0.4) is 0 Å². The zero-order valence-electron chi connectivity index (χ0n) is 16.1.